The summed E-state index contributed by atoms with van der Waals surface area (Å²) in [6.45, 7) is 7.93. The normalized spacial score (nSPS) is 10.3. The van der Waals surface area contributed by atoms with Gasteiger partial charge in [0.2, 0.25) is 11.8 Å². The third-order valence-corrected chi connectivity index (χ3v) is 4.06. The number of benzene rings is 2. The maximum absolute atomic E-state index is 12.3. The summed E-state index contributed by atoms with van der Waals surface area (Å²) in [4.78, 5) is 25.8. The second-order valence-electron chi connectivity index (χ2n) is 6.17. The molecule has 0 aromatic heterocycles. The van der Waals surface area contributed by atoms with Crippen molar-refractivity contribution in [3.63, 3.8) is 0 Å². The summed E-state index contributed by atoms with van der Waals surface area (Å²) in [6, 6.07) is 13.8. The van der Waals surface area contributed by atoms with Crippen LogP contribution in [0, 0.1) is 20.8 Å². The molecule has 0 spiro atoms. The predicted octanol–water partition coefficient (Wildman–Crippen LogP) is 3.60. The van der Waals surface area contributed by atoms with Crippen LogP contribution in [0.25, 0.3) is 0 Å². The van der Waals surface area contributed by atoms with E-state index in [2.05, 4.69) is 5.32 Å². The zero-order valence-corrected chi connectivity index (χ0v) is 14.7. The van der Waals surface area contributed by atoms with E-state index in [4.69, 9.17) is 0 Å². The molecule has 2 rings (SSSR count). The quantitative estimate of drug-likeness (QED) is 0.913. The number of nitrogens with one attached hydrogen (secondary N) is 1. The van der Waals surface area contributed by atoms with E-state index in [0.717, 1.165) is 27.9 Å². The van der Waals surface area contributed by atoms with Gasteiger partial charge in [-0.1, -0.05) is 42.0 Å². The fourth-order valence-corrected chi connectivity index (χ4v) is 2.59. The van der Waals surface area contributed by atoms with Gasteiger partial charge < -0.3 is 10.2 Å². The average molecular weight is 324 g/mol. The first kappa shape index (κ1) is 17.7. The Morgan fingerprint density at radius 3 is 2.33 bits per heavy atom. The minimum atomic E-state index is -0.189. The van der Waals surface area contributed by atoms with E-state index in [1.165, 1.54) is 6.92 Å². The first-order chi connectivity index (χ1) is 11.4. The topological polar surface area (TPSA) is 49.4 Å². The molecule has 0 heterocycles. The van der Waals surface area contributed by atoms with Gasteiger partial charge in [0.15, 0.2) is 0 Å². The maximum Gasteiger partial charge on any atom is 0.244 e. The van der Waals surface area contributed by atoms with Gasteiger partial charge in [0, 0.05) is 19.2 Å². The average Bonchev–Trinajstić information content (AvgIpc) is 2.51. The SMILES string of the molecule is CC(=O)N(CC(=O)Nc1ccc(C)cc1C)Cc1ccccc1C. The summed E-state index contributed by atoms with van der Waals surface area (Å²) in [6.07, 6.45) is 0. The molecule has 0 atom stereocenters. The van der Waals surface area contributed by atoms with Gasteiger partial charge in [-0.2, -0.15) is 0 Å². The number of hydrogen-bond donors (Lipinski definition) is 1. The third kappa shape index (κ3) is 4.69. The Bertz CT molecular complexity index is 753. The number of nitrogens with zero attached hydrogens (tertiary/aromatic N) is 1. The number of amides is 2. The first-order valence-electron chi connectivity index (χ1n) is 8.04. The lowest BCUT2D eigenvalue weighted by Crippen LogP contribution is -2.36. The highest BCUT2D eigenvalue weighted by molar-refractivity contribution is 5.94. The van der Waals surface area contributed by atoms with E-state index in [0.29, 0.717) is 6.54 Å². The Morgan fingerprint density at radius 1 is 1.00 bits per heavy atom. The zero-order chi connectivity index (χ0) is 17.7. The van der Waals surface area contributed by atoms with Crippen molar-refractivity contribution >= 4 is 17.5 Å². The molecule has 0 unspecified atom stereocenters. The molecular formula is C20H24N2O2. The van der Waals surface area contributed by atoms with Crippen molar-refractivity contribution < 1.29 is 9.59 Å². The van der Waals surface area contributed by atoms with Crippen molar-refractivity contribution in [2.24, 2.45) is 0 Å². The second kappa shape index (κ2) is 7.77. The Hall–Kier alpha value is -2.62. The van der Waals surface area contributed by atoms with Gasteiger partial charge in [0.05, 0.1) is 0 Å². The molecular weight excluding hydrogens is 300 g/mol. The van der Waals surface area contributed by atoms with Crippen LogP contribution >= 0.6 is 0 Å². The van der Waals surface area contributed by atoms with E-state index >= 15 is 0 Å². The van der Waals surface area contributed by atoms with Crippen LogP contribution in [0.15, 0.2) is 42.5 Å². The molecule has 0 aliphatic rings. The Balaban J connectivity index is 2.06. The van der Waals surface area contributed by atoms with Crippen LogP contribution in [0.5, 0.6) is 0 Å². The molecule has 0 aliphatic carbocycles. The minimum Gasteiger partial charge on any atom is -0.329 e. The molecule has 1 N–H and O–H groups in total. The zero-order valence-electron chi connectivity index (χ0n) is 14.7. The minimum absolute atomic E-state index is 0.0387. The summed E-state index contributed by atoms with van der Waals surface area (Å²) >= 11 is 0. The Kier molecular flexibility index (Phi) is 5.74. The molecule has 0 saturated heterocycles. The van der Waals surface area contributed by atoms with Gasteiger partial charge in [0.25, 0.3) is 0 Å². The smallest absolute Gasteiger partial charge is 0.244 e. The van der Waals surface area contributed by atoms with Crippen LogP contribution in [0.2, 0.25) is 0 Å². The molecule has 126 valence electrons. The van der Waals surface area contributed by atoms with Crippen molar-refractivity contribution in [3.05, 3.63) is 64.7 Å². The van der Waals surface area contributed by atoms with Crippen molar-refractivity contribution in [3.8, 4) is 0 Å². The van der Waals surface area contributed by atoms with Crippen LogP contribution < -0.4 is 5.32 Å². The van der Waals surface area contributed by atoms with E-state index in [1.54, 1.807) is 4.90 Å². The van der Waals surface area contributed by atoms with E-state index < -0.39 is 0 Å². The fraction of sp³-hybridized carbons (Fsp3) is 0.300. The highest BCUT2D eigenvalue weighted by atomic mass is 16.2. The molecule has 2 aromatic carbocycles. The van der Waals surface area contributed by atoms with Crippen LogP contribution in [0.3, 0.4) is 0 Å². The number of carbonyl (C=O) groups is 2. The molecule has 0 aliphatic heterocycles. The van der Waals surface area contributed by atoms with Crippen LogP contribution in [0.4, 0.5) is 5.69 Å². The highest BCUT2D eigenvalue weighted by Gasteiger charge is 2.15. The van der Waals surface area contributed by atoms with Gasteiger partial charge in [-0.25, -0.2) is 0 Å². The number of anilines is 1. The summed E-state index contributed by atoms with van der Waals surface area (Å²) < 4.78 is 0. The monoisotopic (exact) mass is 324 g/mol. The summed E-state index contributed by atoms with van der Waals surface area (Å²) in [5.74, 6) is -0.306. The molecule has 0 radical (unpaired) electrons. The van der Waals surface area contributed by atoms with Gasteiger partial charge >= 0.3 is 0 Å². The summed E-state index contributed by atoms with van der Waals surface area (Å²) in [5.41, 5.74) is 5.10. The standard InChI is InChI=1S/C20H24N2O2/c1-14-9-10-19(16(3)11-14)21-20(24)13-22(17(4)23)12-18-8-6-5-7-15(18)2/h5-11H,12-13H2,1-4H3,(H,21,24). The number of rotatable bonds is 5. The lowest BCUT2D eigenvalue weighted by atomic mass is 10.1. The van der Waals surface area contributed by atoms with Crippen molar-refractivity contribution in [1.29, 1.82) is 0 Å². The third-order valence-electron chi connectivity index (χ3n) is 4.06. The van der Waals surface area contributed by atoms with E-state index in [9.17, 15) is 9.59 Å². The largest absolute Gasteiger partial charge is 0.329 e. The van der Waals surface area contributed by atoms with Crippen molar-refractivity contribution in [1.82, 2.24) is 4.90 Å². The maximum atomic E-state index is 12.3. The second-order valence-corrected chi connectivity index (χ2v) is 6.17. The molecule has 24 heavy (non-hydrogen) atoms. The van der Waals surface area contributed by atoms with E-state index in [-0.39, 0.29) is 18.4 Å². The van der Waals surface area contributed by atoms with Gasteiger partial charge in [-0.3, -0.25) is 9.59 Å². The number of aryl methyl sites for hydroxylation is 3. The molecule has 2 amide bonds. The Morgan fingerprint density at radius 2 is 1.71 bits per heavy atom. The van der Waals surface area contributed by atoms with Gasteiger partial charge in [-0.15, -0.1) is 0 Å². The molecule has 2 aromatic rings. The summed E-state index contributed by atoms with van der Waals surface area (Å²) in [7, 11) is 0. The fourth-order valence-electron chi connectivity index (χ4n) is 2.59. The van der Waals surface area contributed by atoms with Gasteiger partial charge in [0.1, 0.15) is 6.54 Å². The van der Waals surface area contributed by atoms with Crippen LogP contribution in [-0.2, 0) is 16.1 Å². The Labute approximate surface area is 143 Å². The van der Waals surface area contributed by atoms with Gasteiger partial charge in [-0.05, 0) is 43.5 Å². The van der Waals surface area contributed by atoms with E-state index in [1.807, 2.05) is 63.2 Å². The molecule has 4 heteroatoms. The molecule has 0 saturated carbocycles. The predicted molar refractivity (Wildman–Crippen MR) is 96.8 cm³/mol. The van der Waals surface area contributed by atoms with Crippen LogP contribution in [0.1, 0.15) is 29.2 Å². The number of hydrogen-bond acceptors (Lipinski definition) is 2. The highest BCUT2D eigenvalue weighted by Crippen LogP contribution is 2.16. The molecule has 0 bridgehead atoms. The lowest BCUT2D eigenvalue weighted by molar-refractivity contribution is -0.133. The van der Waals surface area contributed by atoms with Crippen molar-refractivity contribution in [2.75, 3.05) is 11.9 Å². The molecule has 4 nitrogen and oxygen atoms in total. The van der Waals surface area contributed by atoms with Crippen molar-refractivity contribution in [2.45, 2.75) is 34.2 Å². The van der Waals surface area contributed by atoms with Crippen LogP contribution in [-0.4, -0.2) is 23.3 Å². The summed E-state index contributed by atoms with van der Waals surface area (Å²) in [5, 5.41) is 2.89. The number of carbonyl (C=O) groups excluding carboxylic acids is 2. The molecule has 0 fully saturated rings. The first-order valence-corrected chi connectivity index (χ1v) is 8.04. The lowest BCUT2D eigenvalue weighted by Gasteiger charge is -2.22.